The predicted molar refractivity (Wildman–Crippen MR) is 64.0 cm³/mol. The SMILES string of the molecule is CCCCCOCc1c(C(=O)NN)cnn1C. The highest BCUT2D eigenvalue weighted by molar-refractivity contribution is 5.94. The number of nitrogens with one attached hydrogen (secondary N) is 1. The fourth-order valence-corrected chi connectivity index (χ4v) is 1.52. The highest BCUT2D eigenvalue weighted by Gasteiger charge is 2.14. The van der Waals surface area contributed by atoms with Crippen LogP contribution in [0.3, 0.4) is 0 Å². The number of carbonyl (C=O) groups is 1. The molecule has 6 heteroatoms. The summed E-state index contributed by atoms with van der Waals surface area (Å²) in [6, 6.07) is 0. The van der Waals surface area contributed by atoms with Crippen LogP contribution in [0.5, 0.6) is 0 Å². The molecule has 1 rings (SSSR count). The highest BCUT2D eigenvalue weighted by atomic mass is 16.5. The van der Waals surface area contributed by atoms with Gasteiger partial charge in [0.15, 0.2) is 0 Å². The van der Waals surface area contributed by atoms with Crippen LogP contribution in [0, 0.1) is 0 Å². The third-order valence-electron chi connectivity index (χ3n) is 2.57. The summed E-state index contributed by atoms with van der Waals surface area (Å²) in [5.41, 5.74) is 3.30. The average Bonchev–Trinajstić information content (AvgIpc) is 2.70. The maximum atomic E-state index is 11.4. The Bertz CT molecular complexity index is 362. The molecule has 0 fully saturated rings. The number of nitrogens with zero attached hydrogens (tertiary/aromatic N) is 2. The minimum atomic E-state index is -0.342. The molecule has 1 aromatic heterocycles. The molecule has 0 radical (unpaired) electrons. The van der Waals surface area contributed by atoms with Crippen molar-refractivity contribution in [3.63, 3.8) is 0 Å². The number of hydrazine groups is 1. The lowest BCUT2D eigenvalue weighted by Crippen LogP contribution is -2.30. The van der Waals surface area contributed by atoms with Crippen molar-refractivity contribution in [1.29, 1.82) is 0 Å². The second-order valence-corrected chi connectivity index (χ2v) is 3.86. The number of aromatic nitrogens is 2. The van der Waals surface area contributed by atoms with E-state index in [-0.39, 0.29) is 5.91 Å². The molecule has 6 nitrogen and oxygen atoms in total. The third kappa shape index (κ3) is 3.83. The van der Waals surface area contributed by atoms with Crippen LogP contribution in [0.15, 0.2) is 6.20 Å². The largest absolute Gasteiger partial charge is 0.375 e. The van der Waals surface area contributed by atoms with Crippen molar-refractivity contribution >= 4 is 5.91 Å². The van der Waals surface area contributed by atoms with Gasteiger partial charge in [-0.2, -0.15) is 5.10 Å². The molecule has 0 aromatic carbocycles. The predicted octanol–water partition coefficient (Wildman–Crippen LogP) is 0.730. The van der Waals surface area contributed by atoms with Gasteiger partial charge in [-0.05, 0) is 6.42 Å². The number of aryl methyl sites for hydroxylation is 1. The van der Waals surface area contributed by atoms with E-state index in [1.54, 1.807) is 11.7 Å². The van der Waals surface area contributed by atoms with Crippen LogP contribution in [0.1, 0.15) is 42.2 Å². The Morgan fingerprint density at radius 3 is 3.00 bits per heavy atom. The Morgan fingerprint density at radius 1 is 1.59 bits per heavy atom. The second kappa shape index (κ2) is 7.03. The molecule has 0 atom stereocenters. The van der Waals surface area contributed by atoms with Crippen molar-refractivity contribution in [2.45, 2.75) is 32.8 Å². The van der Waals surface area contributed by atoms with Crippen LogP contribution in [0.4, 0.5) is 0 Å². The molecule has 0 bridgehead atoms. The average molecular weight is 240 g/mol. The van der Waals surface area contributed by atoms with Crippen LogP contribution < -0.4 is 11.3 Å². The van der Waals surface area contributed by atoms with Crippen molar-refractivity contribution < 1.29 is 9.53 Å². The fraction of sp³-hybridized carbons (Fsp3) is 0.636. The summed E-state index contributed by atoms with van der Waals surface area (Å²) in [6.45, 7) is 3.22. The summed E-state index contributed by atoms with van der Waals surface area (Å²) in [6.07, 6.45) is 4.84. The van der Waals surface area contributed by atoms with Gasteiger partial charge in [0.1, 0.15) is 0 Å². The molecule has 1 aromatic rings. The fourth-order valence-electron chi connectivity index (χ4n) is 1.52. The Kier molecular flexibility index (Phi) is 5.65. The smallest absolute Gasteiger partial charge is 0.268 e. The zero-order valence-corrected chi connectivity index (χ0v) is 10.4. The first-order chi connectivity index (χ1) is 8.20. The lowest BCUT2D eigenvalue weighted by Gasteiger charge is -2.06. The summed E-state index contributed by atoms with van der Waals surface area (Å²) >= 11 is 0. The molecule has 0 aliphatic heterocycles. The standard InChI is InChI=1S/C11H20N4O2/c1-3-4-5-6-17-8-10-9(11(16)14-12)7-13-15(10)2/h7H,3-6,8,12H2,1-2H3,(H,14,16). The van der Waals surface area contributed by atoms with Gasteiger partial charge in [0.05, 0.1) is 24.1 Å². The number of nitrogens with two attached hydrogens (primary N) is 1. The number of hydrogen-bond donors (Lipinski definition) is 2. The quantitative estimate of drug-likeness (QED) is 0.318. The molecule has 96 valence electrons. The minimum absolute atomic E-state index is 0.342. The normalized spacial score (nSPS) is 10.5. The monoisotopic (exact) mass is 240 g/mol. The van der Waals surface area contributed by atoms with E-state index in [0.29, 0.717) is 18.8 Å². The van der Waals surface area contributed by atoms with E-state index in [4.69, 9.17) is 10.6 Å². The van der Waals surface area contributed by atoms with Gasteiger partial charge < -0.3 is 4.74 Å². The molecule has 0 spiro atoms. The van der Waals surface area contributed by atoms with E-state index in [1.165, 1.54) is 6.20 Å². The third-order valence-corrected chi connectivity index (χ3v) is 2.57. The summed E-state index contributed by atoms with van der Waals surface area (Å²) in [5.74, 6) is 4.76. The zero-order chi connectivity index (χ0) is 12.7. The van der Waals surface area contributed by atoms with Gasteiger partial charge in [-0.15, -0.1) is 0 Å². The van der Waals surface area contributed by atoms with Crippen molar-refractivity contribution in [1.82, 2.24) is 15.2 Å². The van der Waals surface area contributed by atoms with Gasteiger partial charge in [-0.25, -0.2) is 5.84 Å². The zero-order valence-electron chi connectivity index (χ0n) is 10.4. The number of unbranched alkanes of at least 4 members (excludes halogenated alkanes) is 2. The van der Waals surface area contributed by atoms with Crippen molar-refractivity contribution in [2.75, 3.05) is 6.61 Å². The van der Waals surface area contributed by atoms with Crippen LogP contribution >= 0.6 is 0 Å². The summed E-state index contributed by atoms with van der Waals surface area (Å²) < 4.78 is 7.14. The number of nitrogen functional groups attached to an aromatic ring is 1. The molecule has 1 heterocycles. The van der Waals surface area contributed by atoms with Crippen LogP contribution in [0.25, 0.3) is 0 Å². The van der Waals surface area contributed by atoms with E-state index in [0.717, 1.165) is 25.0 Å². The van der Waals surface area contributed by atoms with Crippen LogP contribution in [-0.2, 0) is 18.4 Å². The molecular weight excluding hydrogens is 220 g/mol. The number of hydrogen-bond acceptors (Lipinski definition) is 4. The Balaban J connectivity index is 2.51. The van der Waals surface area contributed by atoms with E-state index in [2.05, 4.69) is 17.4 Å². The van der Waals surface area contributed by atoms with Gasteiger partial charge in [0, 0.05) is 13.7 Å². The van der Waals surface area contributed by atoms with Gasteiger partial charge in [0.25, 0.3) is 5.91 Å². The first-order valence-corrected chi connectivity index (χ1v) is 5.80. The van der Waals surface area contributed by atoms with Crippen molar-refractivity contribution in [3.8, 4) is 0 Å². The Labute approximate surface area is 101 Å². The van der Waals surface area contributed by atoms with E-state index >= 15 is 0 Å². The molecule has 0 aliphatic rings. The number of ether oxygens (including phenoxy) is 1. The summed E-state index contributed by atoms with van der Waals surface area (Å²) in [4.78, 5) is 11.4. The number of carbonyl (C=O) groups excluding carboxylic acids is 1. The van der Waals surface area contributed by atoms with Crippen LogP contribution in [0.2, 0.25) is 0 Å². The maximum Gasteiger partial charge on any atom is 0.268 e. The van der Waals surface area contributed by atoms with Gasteiger partial charge >= 0.3 is 0 Å². The summed E-state index contributed by atoms with van der Waals surface area (Å²) in [7, 11) is 1.78. The molecule has 0 aliphatic carbocycles. The van der Waals surface area contributed by atoms with Crippen molar-refractivity contribution in [2.24, 2.45) is 12.9 Å². The number of rotatable bonds is 7. The topological polar surface area (TPSA) is 82.2 Å². The molecule has 0 saturated carbocycles. The molecule has 0 unspecified atom stereocenters. The van der Waals surface area contributed by atoms with E-state index in [1.807, 2.05) is 0 Å². The molecule has 3 N–H and O–H groups in total. The van der Waals surface area contributed by atoms with E-state index < -0.39 is 0 Å². The summed E-state index contributed by atoms with van der Waals surface area (Å²) in [5, 5.41) is 4.02. The van der Waals surface area contributed by atoms with Crippen LogP contribution in [-0.4, -0.2) is 22.3 Å². The lowest BCUT2D eigenvalue weighted by molar-refractivity contribution is 0.0932. The Hall–Kier alpha value is -1.40. The Morgan fingerprint density at radius 2 is 2.35 bits per heavy atom. The molecule has 1 amide bonds. The highest BCUT2D eigenvalue weighted by Crippen LogP contribution is 2.09. The minimum Gasteiger partial charge on any atom is -0.375 e. The van der Waals surface area contributed by atoms with E-state index in [9.17, 15) is 4.79 Å². The van der Waals surface area contributed by atoms with Gasteiger partial charge in [-0.3, -0.25) is 14.9 Å². The van der Waals surface area contributed by atoms with Crippen molar-refractivity contribution in [3.05, 3.63) is 17.5 Å². The molecule has 17 heavy (non-hydrogen) atoms. The van der Waals surface area contributed by atoms with Gasteiger partial charge in [-0.1, -0.05) is 19.8 Å². The van der Waals surface area contributed by atoms with Gasteiger partial charge in [0.2, 0.25) is 0 Å². The maximum absolute atomic E-state index is 11.4. The number of amides is 1. The lowest BCUT2D eigenvalue weighted by atomic mass is 10.2. The molecule has 0 saturated heterocycles. The first-order valence-electron chi connectivity index (χ1n) is 5.80. The molecular formula is C11H20N4O2. The first kappa shape index (κ1) is 13.7. The second-order valence-electron chi connectivity index (χ2n) is 3.86.